The molecule has 3 aromatic rings. The molecule has 1 aliphatic heterocycles. The van der Waals surface area contributed by atoms with Gasteiger partial charge in [-0.15, -0.1) is 16.4 Å². The molecule has 1 fully saturated rings. The van der Waals surface area contributed by atoms with E-state index < -0.39 is 11.7 Å². The Bertz CT molecular complexity index is 929. The van der Waals surface area contributed by atoms with Gasteiger partial charge in [-0.2, -0.15) is 0 Å². The summed E-state index contributed by atoms with van der Waals surface area (Å²) in [5.41, 5.74) is 2.46. The van der Waals surface area contributed by atoms with E-state index >= 15 is 0 Å². The lowest BCUT2D eigenvalue weighted by molar-refractivity contribution is 0.102. The predicted molar refractivity (Wildman–Crippen MR) is 106 cm³/mol. The van der Waals surface area contributed by atoms with Crippen LogP contribution in [0.2, 0.25) is 0 Å². The van der Waals surface area contributed by atoms with Crippen molar-refractivity contribution in [3.05, 3.63) is 45.7 Å². The number of imidazole rings is 1. The highest BCUT2D eigenvalue weighted by Gasteiger charge is 2.15. The average Bonchev–Trinajstić information content (AvgIpc) is 3.21. The molecule has 144 valence electrons. The molecule has 0 bridgehead atoms. The van der Waals surface area contributed by atoms with Crippen molar-refractivity contribution in [3.63, 3.8) is 0 Å². The van der Waals surface area contributed by atoms with Crippen molar-refractivity contribution in [1.29, 1.82) is 0 Å². The van der Waals surface area contributed by atoms with Crippen LogP contribution in [0.1, 0.15) is 47.1 Å². The standard InChI is InChI=1S/C13H11FN4OS.C6H13N/c1-7-5-10(17-18-6-8(2)15-12(7)18)16-13(19)11-9(14)3-4-20-11;1-6-4-2-3-5-7-6/h3-6H,1-2H3,(H,16,17,19);6-7H,2-5H2,1H3. The molecule has 1 saturated heterocycles. The summed E-state index contributed by atoms with van der Waals surface area (Å²) in [5, 5.41) is 11.8. The molecule has 6 nitrogen and oxygen atoms in total. The first-order chi connectivity index (χ1) is 12.9. The van der Waals surface area contributed by atoms with Crippen molar-refractivity contribution < 1.29 is 9.18 Å². The first-order valence-corrected chi connectivity index (χ1v) is 9.93. The van der Waals surface area contributed by atoms with Gasteiger partial charge < -0.3 is 10.6 Å². The number of hydrogen-bond acceptors (Lipinski definition) is 5. The highest BCUT2D eigenvalue weighted by Crippen LogP contribution is 2.18. The molecule has 1 amide bonds. The average molecular weight is 390 g/mol. The molecule has 4 rings (SSSR count). The number of fused-ring (bicyclic) bond motifs is 1. The number of halogens is 1. The van der Waals surface area contributed by atoms with E-state index in [4.69, 9.17) is 0 Å². The summed E-state index contributed by atoms with van der Waals surface area (Å²) in [7, 11) is 0. The van der Waals surface area contributed by atoms with Gasteiger partial charge in [-0.1, -0.05) is 6.42 Å². The highest BCUT2D eigenvalue weighted by atomic mass is 32.1. The van der Waals surface area contributed by atoms with Crippen LogP contribution < -0.4 is 10.6 Å². The molecule has 1 atom stereocenters. The molecular weight excluding hydrogens is 365 g/mol. The SMILES string of the molecule is CC1CCCCN1.Cc1cn2nc(NC(=O)c3sccc3F)cc(C)c2n1. The van der Waals surface area contributed by atoms with Gasteiger partial charge in [0.25, 0.3) is 5.91 Å². The monoisotopic (exact) mass is 389 g/mol. The Labute approximate surface area is 161 Å². The van der Waals surface area contributed by atoms with Crippen LogP contribution >= 0.6 is 11.3 Å². The Morgan fingerprint density at radius 3 is 2.81 bits per heavy atom. The van der Waals surface area contributed by atoms with E-state index in [9.17, 15) is 9.18 Å². The summed E-state index contributed by atoms with van der Waals surface area (Å²) in [6.45, 7) is 7.23. The molecule has 1 aliphatic rings. The van der Waals surface area contributed by atoms with Crippen LogP contribution in [0.3, 0.4) is 0 Å². The smallest absolute Gasteiger partial charge is 0.269 e. The minimum absolute atomic E-state index is 0.0476. The number of piperidine rings is 1. The van der Waals surface area contributed by atoms with Gasteiger partial charge in [-0.05, 0) is 63.2 Å². The zero-order chi connectivity index (χ0) is 19.4. The zero-order valence-corrected chi connectivity index (χ0v) is 16.6. The third-order valence-electron chi connectivity index (χ3n) is 4.35. The Kier molecular flexibility index (Phi) is 6.18. The van der Waals surface area contributed by atoms with E-state index in [1.807, 2.05) is 13.8 Å². The van der Waals surface area contributed by atoms with E-state index in [0.717, 1.165) is 34.3 Å². The molecule has 4 heterocycles. The van der Waals surface area contributed by atoms with Gasteiger partial charge in [0.15, 0.2) is 11.5 Å². The van der Waals surface area contributed by atoms with Crippen molar-refractivity contribution in [1.82, 2.24) is 19.9 Å². The second kappa shape index (κ2) is 8.58. The van der Waals surface area contributed by atoms with Crippen LogP contribution in [0.25, 0.3) is 5.65 Å². The minimum Gasteiger partial charge on any atom is -0.314 e. The van der Waals surface area contributed by atoms with E-state index in [0.29, 0.717) is 5.82 Å². The first kappa shape index (κ1) is 19.4. The molecule has 0 aliphatic carbocycles. The number of nitrogens with one attached hydrogen (secondary N) is 2. The van der Waals surface area contributed by atoms with Gasteiger partial charge in [-0.3, -0.25) is 4.79 Å². The van der Waals surface area contributed by atoms with E-state index in [-0.39, 0.29) is 4.88 Å². The third kappa shape index (κ3) is 4.90. The second-order valence-corrected chi connectivity index (χ2v) is 7.68. The van der Waals surface area contributed by atoms with Crippen molar-refractivity contribution >= 4 is 28.7 Å². The van der Waals surface area contributed by atoms with Gasteiger partial charge in [0.05, 0.1) is 11.9 Å². The number of anilines is 1. The molecular formula is C19H24FN5OS. The lowest BCUT2D eigenvalue weighted by Gasteiger charge is -2.18. The molecule has 3 aromatic heterocycles. The molecule has 2 N–H and O–H groups in total. The molecule has 0 aromatic carbocycles. The van der Waals surface area contributed by atoms with E-state index in [1.165, 1.54) is 37.3 Å². The molecule has 0 radical (unpaired) electrons. The van der Waals surface area contributed by atoms with Crippen molar-refractivity contribution in [2.75, 3.05) is 11.9 Å². The van der Waals surface area contributed by atoms with E-state index in [2.05, 4.69) is 27.6 Å². The van der Waals surface area contributed by atoms with Crippen LogP contribution in [-0.2, 0) is 0 Å². The summed E-state index contributed by atoms with van der Waals surface area (Å²) in [6.07, 6.45) is 5.95. The molecule has 0 saturated carbocycles. The topological polar surface area (TPSA) is 71.3 Å². The highest BCUT2D eigenvalue weighted by molar-refractivity contribution is 7.12. The summed E-state index contributed by atoms with van der Waals surface area (Å²) in [4.78, 5) is 16.3. The van der Waals surface area contributed by atoms with Crippen LogP contribution in [0, 0.1) is 19.7 Å². The van der Waals surface area contributed by atoms with Gasteiger partial charge in [0.2, 0.25) is 0 Å². The second-order valence-electron chi connectivity index (χ2n) is 6.77. The number of hydrogen-bond donors (Lipinski definition) is 2. The van der Waals surface area contributed by atoms with Gasteiger partial charge >= 0.3 is 0 Å². The van der Waals surface area contributed by atoms with Crippen molar-refractivity contribution in [2.24, 2.45) is 0 Å². The van der Waals surface area contributed by atoms with Gasteiger partial charge in [-0.25, -0.2) is 13.9 Å². The Morgan fingerprint density at radius 1 is 1.41 bits per heavy atom. The maximum atomic E-state index is 13.4. The number of aromatic nitrogens is 3. The number of aryl methyl sites for hydroxylation is 2. The maximum absolute atomic E-state index is 13.4. The largest absolute Gasteiger partial charge is 0.314 e. The molecule has 0 spiro atoms. The van der Waals surface area contributed by atoms with Gasteiger partial charge in [0.1, 0.15) is 10.7 Å². The maximum Gasteiger partial charge on any atom is 0.269 e. The summed E-state index contributed by atoms with van der Waals surface area (Å²) in [6, 6.07) is 3.76. The fraction of sp³-hybridized carbons (Fsp3) is 0.421. The fourth-order valence-corrected chi connectivity index (χ4v) is 3.62. The Balaban J connectivity index is 0.000000253. The number of thiophene rings is 1. The number of rotatable bonds is 2. The Morgan fingerprint density at radius 2 is 2.22 bits per heavy atom. The summed E-state index contributed by atoms with van der Waals surface area (Å²) >= 11 is 1.05. The number of nitrogens with zero attached hydrogens (tertiary/aromatic N) is 3. The van der Waals surface area contributed by atoms with Crippen LogP contribution in [-0.4, -0.2) is 33.1 Å². The van der Waals surface area contributed by atoms with Crippen LogP contribution in [0.4, 0.5) is 10.2 Å². The first-order valence-electron chi connectivity index (χ1n) is 9.05. The van der Waals surface area contributed by atoms with Crippen LogP contribution in [0.5, 0.6) is 0 Å². The number of carbonyl (C=O) groups excluding carboxylic acids is 1. The molecule has 8 heteroatoms. The van der Waals surface area contributed by atoms with Gasteiger partial charge in [0, 0.05) is 6.04 Å². The molecule has 1 unspecified atom stereocenters. The summed E-state index contributed by atoms with van der Waals surface area (Å²) in [5.74, 6) is -0.658. The fourth-order valence-electron chi connectivity index (χ4n) is 2.96. The lowest BCUT2D eigenvalue weighted by Crippen LogP contribution is -2.30. The van der Waals surface area contributed by atoms with Crippen molar-refractivity contribution in [2.45, 2.75) is 46.1 Å². The normalized spacial score (nSPS) is 16.7. The molecule has 27 heavy (non-hydrogen) atoms. The quantitative estimate of drug-likeness (QED) is 0.696. The lowest BCUT2D eigenvalue weighted by atomic mass is 10.1. The van der Waals surface area contributed by atoms with Crippen molar-refractivity contribution in [3.8, 4) is 0 Å². The van der Waals surface area contributed by atoms with E-state index in [1.54, 1.807) is 16.8 Å². The number of carbonyl (C=O) groups is 1. The summed E-state index contributed by atoms with van der Waals surface area (Å²) < 4.78 is 15.0. The number of amides is 1. The Hall–Kier alpha value is -2.32. The van der Waals surface area contributed by atoms with Crippen LogP contribution in [0.15, 0.2) is 23.7 Å². The minimum atomic E-state index is -0.524. The predicted octanol–water partition coefficient (Wildman–Crippen LogP) is 3.95. The zero-order valence-electron chi connectivity index (χ0n) is 15.8. The third-order valence-corrected chi connectivity index (χ3v) is 5.24.